The van der Waals surface area contributed by atoms with Crippen LogP contribution in [0.5, 0.6) is 5.75 Å². The third-order valence-electron chi connectivity index (χ3n) is 5.58. The van der Waals surface area contributed by atoms with Crippen molar-refractivity contribution in [1.29, 1.82) is 0 Å². The highest BCUT2D eigenvalue weighted by Crippen LogP contribution is 2.28. The maximum Gasteiger partial charge on any atom is 0.277 e. The average molecular weight is 401 g/mol. The molecule has 0 aromatic heterocycles. The van der Waals surface area contributed by atoms with Crippen LogP contribution in [0.1, 0.15) is 25.5 Å². The van der Waals surface area contributed by atoms with Gasteiger partial charge < -0.3 is 19.9 Å². The van der Waals surface area contributed by atoms with Gasteiger partial charge in [-0.3, -0.25) is 4.79 Å². The largest absolute Gasteiger partial charge is 0.495 e. The Morgan fingerprint density at radius 3 is 2.34 bits per heavy atom. The minimum absolute atomic E-state index is 0.134. The van der Waals surface area contributed by atoms with Crippen LogP contribution in [0.15, 0.2) is 48.5 Å². The maximum atomic E-state index is 13.2. The lowest BCUT2D eigenvalue weighted by Gasteiger charge is -2.36. The highest BCUT2D eigenvalue weighted by atomic mass is 19.1. The van der Waals surface area contributed by atoms with E-state index in [1.54, 1.807) is 7.11 Å². The number of quaternary nitrogens is 1. The summed E-state index contributed by atoms with van der Waals surface area (Å²) in [5.74, 6) is 1.12. The molecule has 0 aliphatic carbocycles. The standard InChI is InChI=1S/C23H30FN3O2/c1-17(2)23(18-8-10-19(24)11-9-18)25-16-22(28)27-14-12-26(13-15-27)20-6-4-5-7-21(20)29-3/h4-11,17,23,25H,12-16H2,1-3H3/p+1/t23-/m0/s1. The van der Waals surface area contributed by atoms with E-state index in [-0.39, 0.29) is 17.8 Å². The van der Waals surface area contributed by atoms with Gasteiger partial charge >= 0.3 is 0 Å². The van der Waals surface area contributed by atoms with Crippen LogP contribution in [0.25, 0.3) is 0 Å². The smallest absolute Gasteiger partial charge is 0.277 e. The number of anilines is 1. The van der Waals surface area contributed by atoms with Crippen LogP contribution in [0.2, 0.25) is 0 Å². The number of piperazine rings is 1. The van der Waals surface area contributed by atoms with Gasteiger partial charge in [-0.05, 0) is 24.3 Å². The third-order valence-corrected chi connectivity index (χ3v) is 5.58. The van der Waals surface area contributed by atoms with Crippen molar-refractivity contribution in [2.75, 3.05) is 44.7 Å². The van der Waals surface area contributed by atoms with Crippen LogP contribution in [-0.4, -0.2) is 50.6 Å². The first-order chi connectivity index (χ1) is 14.0. The molecule has 5 nitrogen and oxygen atoms in total. The van der Waals surface area contributed by atoms with Gasteiger partial charge in [0.1, 0.15) is 17.6 Å². The number of benzene rings is 2. The monoisotopic (exact) mass is 400 g/mol. The number of rotatable bonds is 7. The number of hydrogen-bond acceptors (Lipinski definition) is 3. The normalized spacial score (nSPS) is 15.5. The van der Waals surface area contributed by atoms with Crippen molar-refractivity contribution in [1.82, 2.24) is 4.90 Å². The highest BCUT2D eigenvalue weighted by Gasteiger charge is 2.26. The van der Waals surface area contributed by atoms with Gasteiger partial charge in [0.15, 0.2) is 6.54 Å². The molecule has 29 heavy (non-hydrogen) atoms. The molecule has 1 fully saturated rings. The molecule has 0 radical (unpaired) electrons. The first-order valence-electron chi connectivity index (χ1n) is 10.2. The average Bonchev–Trinajstić information content (AvgIpc) is 2.75. The van der Waals surface area contributed by atoms with Crippen LogP contribution in [-0.2, 0) is 4.79 Å². The Morgan fingerprint density at radius 1 is 1.07 bits per heavy atom. The molecule has 2 aromatic carbocycles. The summed E-state index contributed by atoms with van der Waals surface area (Å²) < 4.78 is 18.7. The Hall–Kier alpha value is -2.60. The molecule has 0 bridgehead atoms. The number of carbonyl (C=O) groups is 1. The second kappa shape index (κ2) is 9.74. The van der Waals surface area contributed by atoms with E-state index in [4.69, 9.17) is 4.74 Å². The quantitative estimate of drug-likeness (QED) is 0.777. The molecule has 3 rings (SSSR count). The van der Waals surface area contributed by atoms with E-state index >= 15 is 0 Å². The Bertz CT molecular complexity index is 802. The van der Waals surface area contributed by atoms with E-state index in [0.29, 0.717) is 25.6 Å². The number of carbonyl (C=O) groups excluding carboxylic acids is 1. The molecule has 156 valence electrons. The molecule has 1 saturated heterocycles. The van der Waals surface area contributed by atoms with Gasteiger partial charge in [-0.1, -0.05) is 38.1 Å². The Kier molecular flexibility index (Phi) is 7.09. The van der Waals surface area contributed by atoms with Crippen molar-refractivity contribution in [3.05, 3.63) is 59.9 Å². The number of methoxy groups -OCH3 is 1. The van der Waals surface area contributed by atoms with Gasteiger partial charge in [-0.15, -0.1) is 0 Å². The molecule has 1 heterocycles. The predicted octanol–water partition coefficient (Wildman–Crippen LogP) is 2.44. The van der Waals surface area contributed by atoms with E-state index in [9.17, 15) is 9.18 Å². The first kappa shape index (κ1) is 21.1. The lowest BCUT2D eigenvalue weighted by Crippen LogP contribution is -2.88. The maximum absolute atomic E-state index is 13.2. The van der Waals surface area contributed by atoms with Crippen molar-refractivity contribution < 1.29 is 19.2 Å². The zero-order chi connectivity index (χ0) is 20.8. The third kappa shape index (κ3) is 5.26. The molecular weight excluding hydrogens is 369 g/mol. The zero-order valence-corrected chi connectivity index (χ0v) is 17.5. The van der Waals surface area contributed by atoms with Crippen LogP contribution in [0, 0.1) is 11.7 Å². The second-order valence-corrected chi connectivity index (χ2v) is 7.80. The minimum Gasteiger partial charge on any atom is -0.495 e. The molecular formula is C23H31FN3O2+. The highest BCUT2D eigenvalue weighted by molar-refractivity contribution is 5.77. The molecule has 6 heteroatoms. The number of para-hydroxylation sites is 2. The van der Waals surface area contributed by atoms with Crippen LogP contribution >= 0.6 is 0 Å². The summed E-state index contributed by atoms with van der Waals surface area (Å²) in [7, 11) is 1.68. The molecule has 0 unspecified atom stereocenters. The van der Waals surface area contributed by atoms with Gasteiger partial charge in [0, 0.05) is 37.7 Å². The summed E-state index contributed by atoms with van der Waals surface area (Å²) in [5, 5.41) is 2.08. The molecule has 2 aromatic rings. The van der Waals surface area contributed by atoms with E-state index in [1.807, 2.05) is 35.2 Å². The fraction of sp³-hybridized carbons (Fsp3) is 0.435. The van der Waals surface area contributed by atoms with Gasteiger partial charge in [-0.2, -0.15) is 0 Å². The van der Waals surface area contributed by atoms with E-state index in [0.717, 1.165) is 30.1 Å². The van der Waals surface area contributed by atoms with Crippen molar-refractivity contribution >= 4 is 11.6 Å². The summed E-state index contributed by atoms with van der Waals surface area (Å²) in [6.45, 7) is 7.63. The zero-order valence-electron chi connectivity index (χ0n) is 17.5. The van der Waals surface area contributed by atoms with Crippen molar-refractivity contribution in [2.45, 2.75) is 19.9 Å². The second-order valence-electron chi connectivity index (χ2n) is 7.80. The number of ether oxygens (including phenoxy) is 1. The number of halogens is 1. The van der Waals surface area contributed by atoms with Crippen molar-refractivity contribution in [3.8, 4) is 5.75 Å². The van der Waals surface area contributed by atoms with Crippen LogP contribution < -0.4 is 15.0 Å². The SMILES string of the molecule is COc1ccccc1N1CCN(C(=O)C[NH2+][C@H](c2ccc(F)cc2)C(C)C)CC1. The van der Waals surface area contributed by atoms with Gasteiger partial charge in [-0.25, -0.2) is 4.39 Å². The molecule has 1 atom stereocenters. The predicted molar refractivity (Wildman–Crippen MR) is 113 cm³/mol. The van der Waals surface area contributed by atoms with Crippen LogP contribution in [0.4, 0.5) is 10.1 Å². The molecule has 0 spiro atoms. The molecule has 2 N–H and O–H groups in total. The fourth-order valence-electron chi connectivity index (χ4n) is 3.92. The first-order valence-corrected chi connectivity index (χ1v) is 10.2. The molecule has 1 amide bonds. The number of amides is 1. The molecule has 0 saturated carbocycles. The van der Waals surface area contributed by atoms with Gasteiger partial charge in [0.25, 0.3) is 5.91 Å². The molecule has 1 aliphatic rings. The van der Waals surface area contributed by atoms with E-state index in [1.165, 1.54) is 12.1 Å². The van der Waals surface area contributed by atoms with Gasteiger partial charge in [0.05, 0.1) is 12.8 Å². The van der Waals surface area contributed by atoms with Crippen molar-refractivity contribution in [3.63, 3.8) is 0 Å². The van der Waals surface area contributed by atoms with E-state index < -0.39 is 0 Å². The number of hydrogen-bond donors (Lipinski definition) is 1. The summed E-state index contributed by atoms with van der Waals surface area (Å²) >= 11 is 0. The summed E-state index contributed by atoms with van der Waals surface area (Å²) in [6.07, 6.45) is 0. The van der Waals surface area contributed by atoms with Crippen molar-refractivity contribution in [2.24, 2.45) is 5.92 Å². The minimum atomic E-state index is -0.236. The van der Waals surface area contributed by atoms with Gasteiger partial charge in [0.2, 0.25) is 0 Å². The lowest BCUT2D eigenvalue weighted by atomic mass is 9.96. The number of nitrogens with zero attached hydrogens (tertiary/aromatic N) is 2. The Labute approximate surface area is 172 Å². The lowest BCUT2D eigenvalue weighted by molar-refractivity contribution is -0.692. The topological polar surface area (TPSA) is 49.4 Å². The Morgan fingerprint density at radius 2 is 1.72 bits per heavy atom. The molecule has 1 aliphatic heterocycles. The summed E-state index contributed by atoms with van der Waals surface area (Å²) in [5.41, 5.74) is 2.13. The fourth-order valence-corrected chi connectivity index (χ4v) is 3.92. The summed E-state index contributed by atoms with van der Waals surface area (Å²) in [6, 6.07) is 14.7. The number of nitrogens with two attached hydrogens (primary N) is 1. The van der Waals surface area contributed by atoms with Crippen LogP contribution in [0.3, 0.4) is 0 Å². The summed E-state index contributed by atoms with van der Waals surface area (Å²) in [4.78, 5) is 17.0. The Balaban J connectivity index is 1.54. The van der Waals surface area contributed by atoms with E-state index in [2.05, 4.69) is 30.1 Å².